The smallest absolute Gasteiger partial charge is 0.410 e. The number of hydrogen-bond acceptors (Lipinski definition) is 7. The molecule has 0 saturated carbocycles. The number of fused-ring (bicyclic) bond motifs is 1. The van der Waals surface area contributed by atoms with E-state index in [1.54, 1.807) is 23.2 Å². The van der Waals surface area contributed by atoms with Gasteiger partial charge in [0.15, 0.2) is 5.78 Å². The standard InChI is InChI=1S/C22H24N4O4/c1-14(27)18-8-20(29-13-16-7-15(9-23)10-24-11-16)17-5-6-26(12-19(17)25-18)21(28)30-22(2,3)4/h7-8,10-11H,5-6,12-13H2,1-4H3. The van der Waals surface area contributed by atoms with Crippen LogP contribution in [0.3, 0.4) is 0 Å². The Bertz CT molecular complexity index is 1020. The van der Waals surface area contributed by atoms with Crippen LogP contribution in [0.25, 0.3) is 0 Å². The molecule has 3 rings (SSSR count). The lowest BCUT2D eigenvalue weighted by molar-refractivity contribution is 0.0219. The minimum Gasteiger partial charge on any atom is -0.488 e. The first kappa shape index (κ1) is 21.2. The van der Waals surface area contributed by atoms with E-state index in [2.05, 4.69) is 9.97 Å². The van der Waals surface area contributed by atoms with Crippen LogP contribution in [-0.4, -0.2) is 38.9 Å². The molecule has 8 heteroatoms. The normalized spacial score (nSPS) is 13.2. The fraction of sp³-hybridized carbons (Fsp3) is 0.409. The van der Waals surface area contributed by atoms with Gasteiger partial charge < -0.3 is 14.4 Å². The first-order chi connectivity index (χ1) is 14.2. The number of nitriles is 1. The number of rotatable bonds is 4. The number of pyridine rings is 2. The van der Waals surface area contributed by atoms with Crippen molar-refractivity contribution in [2.45, 2.75) is 52.9 Å². The monoisotopic (exact) mass is 408 g/mol. The van der Waals surface area contributed by atoms with Crippen molar-refractivity contribution in [3.8, 4) is 11.8 Å². The molecule has 0 saturated heterocycles. The van der Waals surface area contributed by atoms with Gasteiger partial charge in [-0.05, 0) is 33.3 Å². The first-order valence-corrected chi connectivity index (χ1v) is 9.65. The summed E-state index contributed by atoms with van der Waals surface area (Å²) < 4.78 is 11.4. The van der Waals surface area contributed by atoms with Gasteiger partial charge in [0.05, 0.1) is 17.8 Å². The van der Waals surface area contributed by atoms with E-state index in [0.717, 1.165) is 11.1 Å². The predicted octanol–water partition coefficient (Wildman–Crippen LogP) is 3.42. The molecule has 2 aromatic heterocycles. The Hall–Kier alpha value is -3.47. The van der Waals surface area contributed by atoms with Gasteiger partial charge in [-0.2, -0.15) is 5.26 Å². The summed E-state index contributed by atoms with van der Waals surface area (Å²) >= 11 is 0. The molecule has 0 aliphatic carbocycles. The van der Waals surface area contributed by atoms with Gasteiger partial charge in [0.25, 0.3) is 0 Å². The van der Waals surface area contributed by atoms with E-state index in [1.165, 1.54) is 13.1 Å². The molecular weight excluding hydrogens is 384 g/mol. The van der Waals surface area contributed by atoms with E-state index in [-0.39, 0.29) is 24.6 Å². The van der Waals surface area contributed by atoms with Gasteiger partial charge >= 0.3 is 6.09 Å². The summed E-state index contributed by atoms with van der Waals surface area (Å²) in [4.78, 5) is 34.5. The molecule has 30 heavy (non-hydrogen) atoms. The predicted molar refractivity (Wildman–Crippen MR) is 108 cm³/mol. The lowest BCUT2D eigenvalue weighted by Gasteiger charge is -2.31. The third kappa shape index (κ3) is 5.11. The highest BCUT2D eigenvalue weighted by molar-refractivity contribution is 5.92. The van der Waals surface area contributed by atoms with E-state index in [4.69, 9.17) is 14.7 Å². The van der Waals surface area contributed by atoms with Crippen molar-refractivity contribution in [3.63, 3.8) is 0 Å². The van der Waals surface area contributed by atoms with Crippen LogP contribution >= 0.6 is 0 Å². The fourth-order valence-electron chi connectivity index (χ4n) is 3.08. The molecule has 0 radical (unpaired) electrons. The maximum atomic E-state index is 12.4. The quantitative estimate of drug-likeness (QED) is 0.714. The van der Waals surface area contributed by atoms with Crippen LogP contribution in [0.1, 0.15) is 60.6 Å². The highest BCUT2D eigenvalue weighted by atomic mass is 16.6. The SMILES string of the molecule is CC(=O)c1cc(OCc2cncc(C#N)c2)c2c(n1)CN(C(=O)OC(C)(C)C)CC2. The number of Topliss-reactive ketones (excluding diaryl/α,β-unsaturated/α-hetero) is 1. The van der Waals surface area contributed by atoms with Gasteiger partial charge in [-0.15, -0.1) is 0 Å². The van der Waals surface area contributed by atoms with Crippen LogP contribution in [0.2, 0.25) is 0 Å². The van der Waals surface area contributed by atoms with Gasteiger partial charge in [0, 0.05) is 43.1 Å². The van der Waals surface area contributed by atoms with Crippen LogP contribution in [-0.2, 0) is 24.3 Å². The molecule has 156 valence electrons. The number of ether oxygens (including phenoxy) is 2. The van der Waals surface area contributed by atoms with Gasteiger partial charge in [0.1, 0.15) is 29.7 Å². The van der Waals surface area contributed by atoms with Crippen LogP contribution in [0.5, 0.6) is 5.75 Å². The third-order valence-corrected chi connectivity index (χ3v) is 4.47. The van der Waals surface area contributed by atoms with Gasteiger partial charge in [-0.25, -0.2) is 9.78 Å². The number of carbonyl (C=O) groups is 2. The molecule has 0 spiro atoms. The Morgan fingerprint density at radius 1 is 1.27 bits per heavy atom. The van der Waals surface area contributed by atoms with E-state index in [1.807, 2.05) is 26.8 Å². The van der Waals surface area contributed by atoms with Crippen molar-refractivity contribution in [1.29, 1.82) is 5.26 Å². The molecule has 1 amide bonds. The van der Waals surface area contributed by atoms with E-state index < -0.39 is 11.7 Å². The molecule has 0 fully saturated rings. The van der Waals surface area contributed by atoms with Crippen molar-refractivity contribution >= 4 is 11.9 Å². The van der Waals surface area contributed by atoms with Gasteiger partial charge in [0.2, 0.25) is 0 Å². The first-order valence-electron chi connectivity index (χ1n) is 9.65. The van der Waals surface area contributed by atoms with Crippen molar-refractivity contribution < 1.29 is 19.1 Å². The summed E-state index contributed by atoms with van der Waals surface area (Å²) in [7, 11) is 0. The highest BCUT2D eigenvalue weighted by Gasteiger charge is 2.29. The topological polar surface area (TPSA) is 105 Å². The molecular formula is C22H24N4O4. The number of ketones is 1. The summed E-state index contributed by atoms with van der Waals surface area (Å²) in [6.45, 7) is 7.79. The third-order valence-electron chi connectivity index (χ3n) is 4.47. The molecule has 1 aliphatic rings. The van der Waals surface area contributed by atoms with Crippen LogP contribution in [0, 0.1) is 11.3 Å². The molecule has 0 atom stereocenters. The van der Waals surface area contributed by atoms with Crippen molar-refractivity contribution in [2.24, 2.45) is 0 Å². The zero-order valence-electron chi connectivity index (χ0n) is 17.6. The molecule has 3 heterocycles. The molecule has 0 aromatic carbocycles. The summed E-state index contributed by atoms with van der Waals surface area (Å²) in [5.74, 6) is 0.363. The second kappa shape index (κ2) is 8.49. The van der Waals surface area contributed by atoms with Crippen molar-refractivity contribution in [3.05, 3.63) is 52.6 Å². The lowest BCUT2D eigenvalue weighted by atomic mass is 10.0. The molecule has 8 nitrogen and oxygen atoms in total. The average Bonchev–Trinajstić information content (AvgIpc) is 2.70. The summed E-state index contributed by atoms with van der Waals surface area (Å²) in [6.07, 6.45) is 3.23. The Kier molecular flexibility index (Phi) is 6.01. The number of nitrogens with zero attached hydrogens (tertiary/aromatic N) is 4. The second-order valence-electron chi connectivity index (χ2n) is 8.12. The van der Waals surface area contributed by atoms with Crippen molar-refractivity contribution in [2.75, 3.05) is 6.54 Å². The highest BCUT2D eigenvalue weighted by Crippen LogP contribution is 2.29. The van der Waals surface area contributed by atoms with Gasteiger partial charge in [-0.1, -0.05) is 0 Å². The van der Waals surface area contributed by atoms with E-state index >= 15 is 0 Å². The molecule has 0 bridgehead atoms. The summed E-state index contributed by atoms with van der Waals surface area (Å²) in [5.41, 5.74) is 2.37. The van der Waals surface area contributed by atoms with E-state index in [0.29, 0.717) is 30.0 Å². The van der Waals surface area contributed by atoms with Crippen LogP contribution in [0.4, 0.5) is 4.79 Å². The zero-order chi connectivity index (χ0) is 21.9. The average molecular weight is 408 g/mol. The largest absolute Gasteiger partial charge is 0.488 e. The van der Waals surface area contributed by atoms with Crippen molar-refractivity contribution in [1.82, 2.24) is 14.9 Å². The molecule has 1 aliphatic heterocycles. The Balaban J connectivity index is 1.84. The zero-order valence-corrected chi connectivity index (χ0v) is 17.6. The fourth-order valence-corrected chi connectivity index (χ4v) is 3.08. The summed E-state index contributed by atoms with van der Waals surface area (Å²) in [6, 6.07) is 5.38. The number of hydrogen-bond donors (Lipinski definition) is 0. The second-order valence-corrected chi connectivity index (χ2v) is 8.12. The summed E-state index contributed by atoms with van der Waals surface area (Å²) in [5, 5.41) is 9.02. The lowest BCUT2D eigenvalue weighted by Crippen LogP contribution is -2.40. The minimum absolute atomic E-state index is 0.190. The Labute approximate surface area is 175 Å². The molecule has 0 unspecified atom stereocenters. The van der Waals surface area contributed by atoms with E-state index in [9.17, 15) is 9.59 Å². The molecule has 0 N–H and O–H groups in total. The maximum absolute atomic E-state index is 12.4. The van der Waals surface area contributed by atoms with Crippen LogP contribution in [0.15, 0.2) is 24.5 Å². The number of aromatic nitrogens is 2. The van der Waals surface area contributed by atoms with Gasteiger partial charge in [-0.3, -0.25) is 9.78 Å². The Morgan fingerprint density at radius 2 is 2.03 bits per heavy atom. The maximum Gasteiger partial charge on any atom is 0.410 e. The Morgan fingerprint density at radius 3 is 2.70 bits per heavy atom. The minimum atomic E-state index is -0.591. The number of carbonyl (C=O) groups excluding carboxylic acids is 2. The number of amides is 1. The molecule has 2 aromatic rings. The van der Waals surface area contributed by atoms with Crippen LogP contribution < -0.4 is 4.74 Å².